The van der Waals surface area contributed by atoms with Crippen LogP contribution in [0.1, 0.15) is 13.3 Å². The molecule has 0 radical (unpaired) electrons. The van der Waals surface area contributed by atoms with Gasteiger partial charge in [-0.05, 0) is 6.42 Å². The van der Waals surface area contributed by atoms with Crippen molar-refractivity contribution in [2.75, 3.05) is 39.6 Å². The summed E-state index contributed by atoms with van der Waals surface area (Å²) < 4.78 is 20.5. The van der Waals surface area contributed by atoms with Gasteiger partial charge in [0.25, 0.3) is 0 Å². The van der Waals surface area contributed by atoms with Crippen LogP contribution >= 0.6 is 0 Å². The Kier molecular flexibility index (Phi) is 11.8. The third-order valence-electron chi connectivity index (χ3n) is 1.78. The molecule has 0 aliphatic heterocycles. The van der Waals surface area contributed by atoms with Gasteiger partial charge in [-0.3, -0.25) is 0 Å². The van der Waals surface area contributed by atoms with Gasteiger partial charge in [0.1, 0.15) is 6.61 Å². The number of esters is 1. The molecule has 6 heteroatoms. The van der Waals surface area contributed by atoms with E-state index in [4.69, 9.17) is 24.1 Å². The fourth-order valence-electron chi connectivity index (χ4n) is 1.01. The van der Waals surface area contributed by atoms with Crippen molar-refractivity contribution in [2.45, 2.75) is 19.6 Å². The average molecular weight is 262 g/mol. The van der Waals surface area contributed by atoms with Gasteiger partial charge < -0.3 is 24.1 Å². The van der Waals surface area contributed by atoms with Crippen LogP contribution < -0.4 is 0 Å². The van der Waals surface area contributed by atoms with Crippen LogP contribution in [0.15, 0.2) is 12.7 Å². The van der Waals surface area contributed by atoms with E-state index in [1.807, 2.05) is 6.92 Å². The van der Waals surface area contributed by atoms with Crippen molar-refractivity contribution in [3.8, 4) is 0 Å². The molecular formula is C12H22O6. The summed E-state index contributed by atoms with van der Waals surface area (Å²) in [5, 5.41) is 8.48. The van der Waals surface area contributed by atoms with E-state index >= 15 is 0 Å². The molecule has 0 aromatic carbocycles. The van der Waals surface area contributed by atoms with E-state index in [0.29, 0.717) is 19.8 Å². The molecule has 6 nitrogen and oxygen atoms in total. The summed E-state index contributed by atoms with van der Waals surface area (Å²) in [6.45, 7) is 6.87. The fraction of sp³-hybridized carbons (Fsp3) is 0.750. The van der Waals surface area contributed by atoms with E-state index in [-0.39, 0.29) is 19.8 Å². The smallest absolute Gasteiger partial charge is 0.332 e. The minimum Gasteiger partial charge on any atom is -0.430 e. The first-order chi connectivity index (χ1) is 8.74. The van der Waals surface area contributed by atoms with Crippen molar-refractivity contribution in [2.24, 2.45) is 0 Å². The van der Waals surface area contributed by atoms with E-state index in [9.17, 15) is 4.79 Å². The number of carbonyl (C=O) groups is 1. The maximum atomic E-state index is 11.0. The molecular weight excluding hydrogens is 240 g/mol. The maximum absolute atomic E-state index is 11.0. The molecule has 0 aliphatic carbocycles. The molecule has 0 saturated heterocycles. The lowest BCUT2D eigenvalue weighted by molar-refractivity contribution is -0.186. The second-order valence-corrected chi connectivity index (χ2v) is 3.35. The molecule has 0 amide bonds. The van der Waals surface area contributed by atoms with E-state index in [2.05, 4.69) is 6.58 Å². The van der Waals surface area contributed by atoms with Gasteiger partial charge in [0.05, 0.1) is 33.0 Å². The molecule has 18 heavy (non-hydrogen) atoms. The second-order valence-electron chi connectivity index (χ2n) is 3.35. The molecule has 0 spiro atoms. The van der Waals surface area contributed by atoms with Crippen LogP contribution in [0, 0.1) is 0 Å². The van der Waals surface area contributed by atoms with Gasteiger partial charge in [-0.25, -0.2) is 4.79 Å². The number of carbonyl (C=O) groups excluding carboxylic acids is 1. The zero-order chi connectivity index (χ0) is 13.6. The number of hydrogen-bond donors (Lipinski definition) is 1. The minimum atomic E-state index is -0.728. The minimum absolute atomic E-state index is 0.0147. The molecule has 0 rings (SSSR count). The van der Waals surface area contributed by atoms with Crippen LogP contribution in [-0.2, 0) is 23.7 Å². The normalized spacial score (nSPS) is 12.1. The zero-order valence-electron chi connectivity index (χ0n) is 10.8. The molecule has 0 aliphatic rings. The summed E-state index contributed by atoms with van der Waals surface area (Å²) in [5.74, 6) is -0.545. The van der Waals surface area contributed by atoms with Crippen LogP contribution in [0.4, 0.5) is 0 Å². The molecule has 1 unspecified atom stereocenters. The van der Waals surface area contributed by atoms with Crippen molar-refractivity contribution >= 4 is 5.97 Å². The molecule has 0 saturated carbocycles. The number of aliphatic hydroxyl groups is 1. The van der Waals surface area contributed by atoms with E-state index in [1.54, 1.807) is 0 Å². The lowest BCUT2D eigenvalue weighted by Gasteiger charge is -2.17. The highest BCUT2D eigenvalue weighted by atomic mass is 16.7. The summed E-state index contributed by atoms with van der Waals surface area (Å²) in [4.78, 5) is 11.0. The predicted molar refractivity (Wildman–Crippen MR) is 65.0 cm³/mol. The quantitative estimate of drug-likeness (QED) is 0.239. The van der Waals surface area contributed by atoms with Gasteiger partial charge in [0.15, 0.2) is 0 Å². The topological polar surface area (TPSA) is 74.2 Å². The predicted octanol–water partition coefficient (Wildman–Crippen LogP) is 0.494. The zero-order valence-corrected chi connectivity index (χ0v) is 10.8. The number of hydrogen-bond acceptors (Lipinski definition) is 6. The van der Waals surface area contributed by atoms with Crippen LogP contribution in [0.2, 0.25) is 0 Å². The first kappa shape index (κ1) is 17.1. The van der Waals surface area contributed by atoms with E-state index < -0.39 is 12.3 Å². The van der Waals surface area contributed by atoms with Crippen LogP contribution in [0.3, 0.4) is 0 Å². The summed E-state index contributed by atoms with van der Waals surface area (Å²) in [7, 11) is 0. The average Bonchev–Trinajstić information content (AvgIpc) is 2.39. The Balaban J connectivity index is 3.71. The highest BCUT2D eigenvalue weighted by Gasteiger charge is 2.12. The highest BCUT2D eigenvalue weighted by Crippen LogP contribution is 1.99. The number of aliphatic hydroxyl groups excluding tert-OH is 1. The van der Waals surface area contributed by atoms with Gasteiger partial charge >= 0.3 is 5.97 Å². The van der Waals surface area contributed by atoms with Crippen molar-refractivity contribution in [3.63, 3.8) is 0 Å². The first-order valence-corrected chi connectivity index (χ1v) is 5.95. The van der Waals surface area contributed by atoms with Crippen molar-refractivity contribution < 1.29 is 28.8 Å². The van der Waals surface area contributed by atoms with Crippen LogP contribution in [0.25, 0.3) is 0 Å². The maximum Gasteiger partial charge on any atom is 0.332 e. The van der Waals surface area contributed by atoms with E-state index in [0.717, 1.165) is 12.5 Å². The Labute approximate surface area is 107 Å². The Morgan fingerprint density at radius 3 is 2.61 bits per heavy atom. The summed E-state index contributed by atoms with van der Waals surface area (Å²) in [5.41, 5.74) is 0. The fourth-order valence-corrected chi connectivity index (χ4v) is 1.01. The molecule has 106 valence electrons. The Hall–Kier alpha value is -0.950. The standard InChI is InChI=1S/C12H22O6/c1-3-6-17-12(18-11(14)4-2)10-16-9-8-15-7-5-13/h4,12-13H,2-3,5-10H2,1H3. The molecule has 0 aromatic heterocycles. The summed E-state index contributed by atoms with van der Waals surface area (Å²) in [6, 6.07) is 0. The molecule has 1 atom stereocenters. The first-order valence-electron chi connectivity index (χ1n) is 5.95. The van der Waals surface area contributed by atoms with Crippen LogP contribution in [-0.4, -0.2) is 57.0 Å². The van der Waals surface area contributed by atoms with Crippen molar-refractivity contribution in [1.82, 2.24) is 0 Å². The summed E-state index contributed by atoms with van der Waals surface area (Å²) in [6.07, 6.45) is 1.17. The van der Waals surface area contributed by atoms with Crippen molar-refractivity contribution in [3.05, 3.63) is 12.7 Å². The molecule has 0 fully saturated rings. The third-order valence-corrected chi connectivity index (χ3v) is 1.78. The lowest BCUT2D eigenvalue weighted by Crippen LogP contribution is -2.27. The Bertz CT molecular complexity index is 219. The van der Waals surface area contributed by atoms with Gasteiger partial charge in [0, 0.05) is 6.08 Å². The number of ether oxygens (including phenoxy) is 4. The van der Waals surface area contributed by atoms with Gasteiger partial charge in [0.2, 0.25) is 6.29 Å². The van der Waals surface area contributed by atoms with E-state index in [1.165, 1.54) is 0 Å². The summed E-state index contributed by atoms with van der Waals surface area (Å²) >= 11 is 0. The molecule has 0 heterocycles. The van der Waals surface area contributed by atoms with Crippen LogP contribution in [0.5, 0.6) is 0 Å². The monoisotopic (exact) mass is 262 g/mol. The lowest BCUT2D eigenvalue weighted by atomic mass is 10.5. The largest absolute Gasteiger partial charge is 0.430 e. The highest BCUT2D eigenvalue weighted by molar-refractivity contribution is 5.81. The molecule has 0 bridgehead atoms. The Morgan fingerprint density at radius 2 is 2.00 bits per heavy atom. The second kappa shape index (κ2) is 12.5. The SMILES string of the molecule is C=CC(=O)OC(COCCOCCO)OCCC. The van der Waals surface area contributed by atoms with Gasteiger partial charge in [-0.2, -0.15) is 0 Å². The van der Waals surface area contributed by atoms with Gasteiger partial charge in [-0.1, -0.05) is 13.5 Å². The van der Waals surface area contributed by atoms with Crippen molar-refractivity contribution in [1.29, 1.82) is 0 Å². The molecule has 0 aromatic rings. The van der Waals surface area contributed by atoms with Gasteiger partial charge in [-0.15, -0.1) is 0 Å². The molecule has 1 N–H and O–H groups in total. The third kappa shape index (κ3) is 10.2. The Morgan fingerprint density at radius 1 is 1.28 bits per heavy atom. The number of rotatable bonds is 12.